The van der Waals surface area contributed by atoms with Crippen molar-refractivity contribution in [3.05, 3.63) is 44.9 Å². The van der Waals surface area contributed by atoms with Gasteiger partial charge in [0.25, 0.3) is 0 Å². The van der Waals surface area contributed by atoms with Gasteiger partial charge >= 0.3 is 0 Å². The van der Waals surface area contributed by atoms with E-state index in [1.54, 1.807) is 11.3 Å². The summed E-state index contributed by atoms with van der Waals surface area (Å²) >= 11 is 1.59. The second-order valence-electron chi connectivity index (χ2n) is 4.79. The molecule has 0 saturated carbocycles. The summed E-state index contributed by atoms with van der Waals surface area (Å²) < 4.78 is 5.84. The fourth-order valence-electron chi connectivity index (χ4n) is 2.07. The molecular formula is C16H21NO2S. The highest BCUT2D eigenvalue weighted by Crippen LogP contribution is 2.22. The lowest BCUT2D eigenvalue weighted by Crippen LogP contribution is -2.03. The average Bonchev–Trinajstić information content (AvgIpc) is 2.86. The third-order valence-electron chi connectivity index (χ3n) is 3.43. The number of thiazole rings is 1. The van der Waals surface area contributed by atoms with Gasteiger partial charge < -0.3 is 9.84 Å². The molecule has 1 N–H and O–H groups in total. The Morgan fingerprint density at radius 3 is 2.75 bits per heavy atom. The Morgan fingerprint density at radius 1 is 1.30 bits per heavy atom. The SMILES string of the molecule is CCc1nc(CCOc2cccc(C)c2C)sc1CO. The first-order valence-corrected chi connectivity index (χ1v) is 7.74. The number of aromatic nitrogens is 1. The van der Waals surface area contributed by atoms with Crippen molar-refractivity contribution in [1.29, 1.82) is 0 Å². The Balaban J connectivity index is 1.96. The van der Waals surface area contributed by atoms with Crippen LogP contribution in [0.2, 0.25) is 0 Å². The maximum Gasteiger partial charge on any atom is 0.122 e. The number of rotatable bonds is 6. The molecule has 0 aliphatic rings. The van der Waals surface area contributed by atoms with E-state index in [0.29, 0.717) is 6.61 Å². The zero-order valence-corrected chi connectivity index (χ0v) is 13.1. The lowest BCUT2D eigenvalue weighted by molar-refractivity contribution is 0.284. The first-order chi connectivity index (χ1) is 9.65. The third kappa shape index (κ3) is 3.38. The first-order valence-electron chi connectivity index (χ1n) is 6.93. The van der Waals surface area contributed by atoms with E-state index >= 15 is 0 Å². The van der Waals surface area contributed by atoms with E-state index in [4.69, 9.17) is 4.74 Å². The number of hydrogen-bond acceptors (Lipinski definition) is 4. The molecule has 2 aromatic rings. The molecule has 0 aliphatic heterocycles. The molecule has 1 heterocycles. The zero-order chi connectivity index (χ0) is 14.5. The summed E-state index contributed by atoms with van der Waals surface area (Å²) in [4.78, 5) is 5.53. The largest absolute Gasteiger partial charge is 0.493 e. The topological polar surface area (TPSA) is 42.4 Å². The van der Waals surface area contributed by atoms with Gasteiger partial charge in [-0.25, -0.2) is 4.98 Å². The summed E-state index contributed by atoms with van der Waals surface area (Å²) in [6.45, 7) is 6.92. The summed E-state index contributed by atoms with van der Waals surface area (Å²) in [5.74, 6) is 0.944. The van der Waals surface area contributed by atoms with Crippen LogP contribution in [0, 0.1) is 13.8 Å². The van der Waals surface area contributed by atoms with E-state index in [0.717, 1.165) is 34.2 Å². The second kappa shape index (κ2) is 6.86. The summed E-state index contributed by atoms with van der Waals surface area (Å²) in [5, 5.41) is 10.3. The minimum Gasteiger partial charge on any atom is -0.493 e. The normalized spacial score (nSPS) is 10.8. The molecule has 0 radical (unpaired) electrons. The van der Waals surface area contributed by atoms with Crippen molar-refractivity contribution in [3.63, 3.8) is 0 Å². The summed E-state index contributed by atoms with van der Waals surface area (Å²) in [5.41, 5.74) is 3.45. The fourth-order valence-corrected chi connectivity index (χ4v) is 3.07. The Bertz CT molecular complexity index is 556. The number of benzene rings is 1. The van der Waals surface area contributed by atoms with Gasteiger partial charge in [0.1, 0.15) is 5.75 Å². The summed E-state index contributed by atoms with van der Waals surface area (Å²) in [7, 11) is 0. The van der Waals surface area contributed by atoms with Gasteiger partial charge in [0, 0.05) is 6.42 Å². The summed E-state index contributed by atoms with van der Waals surface area (Å²) in [6, 6.07) is 6.10. The molecule has 3 nitrogen and oxygen atoms in total. The van der Waals surface area contributed by atoms with Crippen molar-refractivity contribution in [2.45, 2.75) is 40.2 Å². The van der Waals surface area contributed by atoms with E-state index in [9.17, 15) is 5.11 Å². The molecule has 0 aliphatic carbocycles. The molecule has 0 unspecified atom stereocenters. The Morgan fingerprint density at radius 2 is 2.10 bits per heavy atom. The maximum absolute atomic E-state index is 9.27. The standard InChI is InChI=1S/C16H21NO2S/c1-4-13-15(10-18)20-16(17-13)8-9-19-14-7-5-6-11(2)12(14)3/h5-7,18H,4,8-10H2,1-3H3. The van der Waals surface area contributed by atoms with Gasteiger partial charge in [0.05, 0.1) is 28.8 Å². The Hall–Kier alpha value is -1.39. The predicted octanol–water partition coefficient (Wildman–Crippen LogP) is 3.44. The maximum atomic E-state index is 9.27. The third-order valence-corrected chi connectivity index (χ3v) is 4.57. The molecule has 20 heavy (non-hydrogen) atoms. The van der Waals surface area contributed by atoms with E-state index in [2.05, 4.69) is 31.8 Å². The van der Waals surface area contributed by atoms with Crippen LogP contribution in [0.5, 0.6) is 5.75 Å². The second-order valence-corrected chi connectivity index (χ2v) is 5.95. The molecule has 1 aromatic heterocycles. The van der Waals surface area contributed by atoms with Crippen LogP contribution >= 0.6 is 11.3 Å². The molecule has 0 spiro atoms. The van der Waals surface area contributed by atoms with E-state index in [1.165, 1.54) is 11.1 Å². The van der Waals surface area contributed by atoms with Crippen molar-refractivity contribution in [1.82, 2.24) is 4.98 Å². The van der Waals surface area contributed by atoms with E-state index < -0.39 is 0 Å². The van der Waals surface area contributed by atoms with Gasteiger partial charge in [-0.05, 0) is 37.5 Å². The van der Waals surface area contributed by atoms with Crippen molar-refractivity contribution in [2.75, 3.05) is 6.61 Å². The fraction of sp³-hybridized carbons (Fsp3) is 0.438. The minimum atomic E-state index is 0.0820. The van der Waals surface area contributed by atoms with Crippen molar-refractivity contribution >= 4 is 11.3 Å². The highest BCUT2D eigenvalue weighted by molar-refractivity contribution is 7.11. The molecule has 0 saturated heterocycles. The monoisotopic (exact) mass is 291 g/mol. The van der Waals surface area contributed by atoms with Gasteiger partial charge in [-0.1, -0.05) is 19.1 Å². The first kappa shape index (κ1) is 15.0. The van der Waals surface area contributed by atoms with E-state index in [-0.39, 0.29) is 6.61 Å². The molecule has 108 valence electrons. The van der Waals surface area contributed by atoms with Crippen LogP contribution in [0.25, 0.3) is 0 Å². The van der Waals surface area contributed by atoms with Crippen LogP contribution < -0.4 is 4.74 Å². The molecule has 1 aromatic carbocycles. The van der Waals surface area contributed by atoms with Gasteiger partial charge in [0.15, 0.2) is 0 Å². The number of hydrogen-bond donors (Lipinski definition) is 1. The van der Waals surface area contributed by atoms with Gasteiger partial charge in [-0.3, -0.25) is 0 Å². The van der Waals surface area contributed by atoms with Crippen molar-refractivity contribution < 1.29 is 9.84 Å². The smallest absolute Gasteiger partial charge is 0.122 e. The van der Waals surface area contributed by atoms with Crippen LogP contribution in [0.1, 0.15) is 33.6 Å². The van der Waals surface area contributed by atoms with Crippen LogP contribution in [0.15, 0.2) is 18.2 Å². The van der Waals surface area contributed by atoms with E-state index in [1.807, 2.05) is 12.1 Å². The Labute approximate surface area is 124 Å². The lowest BCUT2D eigenvalue weighted by atomic mass is 10.1. The average molecular weight is 291 g/mol. The van der Waals surface area contributed by atoms with Gasteiger partial charge in [0.2, 0.25) is 0 Å². The van der Waals surface area contributed by atoms with Gasteiger partial charge in [-0.2, -0.15) is 0 Å². The number of aryl methyl sites for hydroxylation is 2. The van der Waals surface area contributed by atoms with Crippen molar-refractivity contribution in [3.8, 4) is 5.75 Å². The highest BCUT2D eigenvalue weighted by atomic mass is 32.1. The molecular weight excluding hydrogens is 270 g/mol. The molecule has 0 atom stereocenters. The molecule has 2 rings (SSSR count). The number of nitrogens with zero attached hydrogens (tertiary/aromatic N) is 1. The zero-order valence-electron chi connectivity index (χ0n) is 12.3. The minimum absolute atomic E-state index is 0.0820. The number of aliphatic hydroxyl groups excluding tert-OH is 1. The number of ether oxygens (including phenoxy) is 1. The predicted molar refractivity (Wildman–Crippen MR) is 82.5 cm³/mol. The molecule has 0 bridgehead atoms. The van der Waals surface area contributed by atoms with Crippen molar-refractivity contribution in [2.24, 2.45) is 0 Å². The number of aliphatic hydroxyl groups is 1. The van der Waals surface area contributed by atoms with Crippen LogP contribution in [-0.4, -0.2) is 16.7 Å². The van der Waals surface area contributed by atoms with Crippen LogP contribution in [0.3, 0.4) is 0 Å². The van der Waals surface area contributed by atoms with Crippen LogP contribution in [0.4, 0.5) is 0 Å². The quantitative estimate of drug-likeness (QED) is 0.886. The Kier molecular flexibility index (Phi) is 5.15. The lowest BCUT2D eigenvalue weighted by Gasteiger charge is -2.09. The highest BCUT2D eigenvalue weighted by Gasteiger charge is 2.09. The molecule has 0 fully saturated rings. The molecule has 4 heteroatoms. The van der Waals surface area contributed by atoms with Crippen LogP contribution in [-0.2, 0) is 19.4 Å². The molecule has 0 amide bonds. The van der Waals surface area contributed by atoms with Gasteiger partial charge in [-0.15, -0.1) is 11.3 Å². The summed E-state index contributed by atoms with van der Waals surface area (Å²) in [6.07, 6.45) is 1.65.